The largest absolute Gasteiger partial charge is 0.541 e. The smallest absolute Gasteiger partial charge is 0.435 e. The van der Waals surface area contributed by atoms with Crippen LogP contribution in [0.1, 0.15) is 20.3 Å². The van der Waals surface area contributed by atoms with Crippen LogP contribution in [-0.2, 0) is 32.9 Å². The minimum atomic E-state index is -2.31. The van der Waals surface area contributed by atoms with Crippen molar-refractivity contribution in [1.82, 2.24) is 0 Å². The Morgan fingerprint density at radius 2 is 1.85 bits per heavy atom. The lowest BCUT2D eigenvalue weighted by atomic mass is 10.2. The highest BCUT2D eigenvalue weighted by atomic mass is 31.1. The SMILES string of the molecule is C=COC(=O)CC(O[P+](=O)C(C)OCC)C(=O)OC=C. The molecule has 0 radical (unpaired) electrons. The van der Waals surface area contributed by atoms with Gasteiger partial charge in [0.2, 0.25) is 6.10 Å². The Morgan fingerprint density at radius 1 is 1.25 bits per heavy atom. The van der Waals surface area contributed by atoms with E-state index in [1.54, 1.807) is 6.92 Å². The zero-order chi connectivity index (χ0) is 15.5. The molecule has 112 valence electrons. The second kappa shape index (κ2) is 10.3. The van der Waals surface area contributed by atoms with Gasteiger partial charge in [-0.25, -0.2) is 4.79 Å². The van der Waals surface area contributed by atoms with E-state index in [1.807, 2.05) is 0 Å². The standard InChI is InChI=1S/C12H18O7P/c1-5-16-9(4)20(15)19-10(12(14)18-7-3)8-11(13)17-6-2/h6-7,9-10H,2-3,5,8H2,1,4H3/q+1. The first kappa shape index (κ1) is 18.4. The van der Waals surface area contributed by atoms with E-state index in [-0.39, 0.29) is 0 Å². The summed E-state index contributed by atoms with van der Waals surface area (Å²) in [6, 6.07) is 0. The van der Waals surface area contributed by atoms with Crippen LogP contribution in [0, 0.1) is 0 Å². The molecule has 0 aliphatic heterocycles. The van der Waals surface area contributed by atoms with Gasteiger partial charge in [-0.15, -0.1) is 4.52 Å². The van der Waals surface area contributed by atoms with E-state index < -0.39 is 38.3 Å². The Morgan fingerprint density at radius 3 is 2.35 bits per heavy atom. The first-order valence-corrected chi connectivity index (χ1v) is 7.07. The van der Waals surface area contributed by atoms with Crippen molar-refractivity contribution in [1.29, 1.82) is 0 Å². The molecule has 0 aromatic heterocycles. The van der Waals surface area contributed by atoms with Crippen molar-refractivity contribution in [3.05, 3.63) is 25.7 Å². The van der Waals surface area contributed by atoms with Gasteiger partial charge >= 0.3 is 20.0 Å². The van der Waals surface area contributed by atoms with Gasteiger partial charge in [-0.3, -0.25) is 4.79 Å². The van der Waals surface area contributed by atoms with Gasteiger partial charge in [0, 0.05) is 13.5 Å². The van der Waals surface area contributed by atoms with Crippen LogP contribution in [0.15, 0.2) is 25.7 Å². The summed E-state index contributed by atoms with van der Waals surface area (Å²) in [5.41, 5.74) is 0. The molecule has 0 N–H and O–H groups in total. The minimum absolute atomic E-state index is 0.339. The summed E-state index contributed by atoms with van der Waals surface area (Å²) in [6.07, 6.45) is -0.0251. The molecule has 0 bridgehead atoms. The van der Waals surface area contributed by atoms with Crippen molar-refractivity contribution in [3.8, 4) is 0 Å². The highest BCUT2D eigenvalue weighted by Gasteiger charge is 2.38. The Kier molecular flexibility index (Phi) is 9.45. The normalized spacial score (nSPS) is 13.8. The number of carbonyl (C=O) groups is 2. The van der Waals surface area contributed by atoms with Gasteiger partial charge in [-0.05, 0) is 11.5 Å². The van der Waals surface area contributed by atoms with Gasteiger partial charge in [0.1, 0.15) is 0 Å². The lowest BCUT2D eigenvalue weighted by Crippen LogP contribution is -2.27. The molecule has 8 heteroatoms. The number of rotatable bonds is 10. The maximum Gasteiger partial charge on any atom is 0.541 e. The van der Waals surface area contributed by atoms with Gasteiger partial charge < -0.3 is 14.2 Å². The lowest BCUT2D eigenvalue weighted by molar-refractivity contribution is -0.152. The predicted octanol–water partition coefficient (Wildman–Crippen LogP) is 2.26. The summed E-state index contributed by atoms with van der Waals surface area (Å²) in [7, 11) is -2.31. The van der Waals surface area contributed by atoms with Crippen molar-refractivity contribution < 1.29 is 32.9 Å². The van der Waals surface area contributed by atoms with E-state index >= 15 is 0 Å². The molecular formula is C12H18O7P+. The molecule has 0 saturated heterocycles. The van der Waals surface area contributed by atoms with E-state index in [2.05, 4.69) is 22.6 Å². The van der Waals surface area contributed by atoms with Crippen molar-refractivity contribution in [2.75, 3.05) is 6.61 Å². The highest BCUT2D eigenvalue weighted by molar-refractivity contribution is 7.39. The molecule has 0 spiro atoms. The topological polar surface area (TPSA) is 88.1 Å². The molecule has 0 aromatic rings. The fourth-order valence-corrected chi connectivity index (χ4v) is 1.98. The first-order valence-electron chi connectivity index (χ1n) is 5.82. The van der Waals surface area contributed by atoms with E-state index in [0.717, 1.165) is 12.5 Å². The third-order valence-corrected chi connectivity index (χ3v) is 3.17. The fraction of sp³-hybridized carbons (Fsp3) is 0.500. The van der Waals surface area contributed by atoms with Gasteiger partial charge in [0.25, 0.3) is 5.85 Å². The molecule has 0 fully saturated rings. The summed E-state index contributed by atoms with van der Waals surface area (Å²) < 4.78 is 30.9. The van der Waals surface area contributed by atoms with Crippen molar-refractivity contribution in [2.45, 2.75) is 32.2 Å². The highest BCUT2D eigenvalue weighted by Crippen LogP contribution is 2.33. The molecule has 7 nitrogen and oxygen atoms in total. The zero-order valence-electron chi connectivity index (χ0n) is 11.4. The molecule has 3 atom stereocenters. The van der Waals surface area contributed by atoms with Crippen LogP contribution in [0.4, 0.5) is 0 Å². The summed E-state index contributed by atoms with van der Waals surface area (Å²) in [6.45, 7) is 10.0. The summed E-state index contributed by atoms with van der Waals surface area (Å²) in [5, 5.41) is 0. The van der Waals surface area contributed by atoms with Gasteiger partial charge in [-0.1, -0.05) is 13.2 Å². The second-order valence-corrected chi connectivity index (χ2v) is 4.91. The van der Waals surface area contributed by atoms with Crippen LogP contribution in [0.3, 0.4) is 0 Å². The van der Waals surface area contributed by atoms with Gasteiger partial charge in [0.15, 0.2) is 0 Å². The number of hydrogen-bond donors (Lipinski definition) is 0. The molecule has 0 aliphatic carbocycles. The van der Waals surface area contributed by atoms with Crippen LogP contribution in [-0.4, -0.2) is 30.5 Å². The zero-order valence-corrected chi connectivity index (χ0v) is 12.3. The molecule has 0 rings (SSSR count). The van der Waals surface area contributed by atoms with Crippen LogP contribution in [0.2, 0.25) is 0 Å². The number of carbonyl (C=O) groups excluding carboxylic acids is 2. The van der Waals surface area contributed by atoms with Gasteiger partial charge in [-0.2, -0.15) is 0 Å². The average Bonchev–Trinajstić information content (AvgIpc) is 2.38. The molecule has 20 heavy (non-hydrogen) atoms. The second-order valence-electron chi connectivity index (χ2n) is 3.40. The molecule has 0 aliphatic rings. The number of esters is 2. The third-order valence-electron chi connectivity index (χ3n) is 1.97. The maximum atomic E-state index is 11.8. The molecular weight excluding hydrogens is 287 g/mol. The lowest BCUT2D eigenvalue weighted by Gasteiger charge is -2.09. The molecule has 0 amide bonds. The molecule has 3 unspecified atom stereocenters. The van der Waals surface area contributed by atoms with Crippen LogP contribution >= 0.6 is 8.03 Å². The van der Waals surface area contributed by atoms with Crippen LogP contribution < -0.4 is 0 Å². The summed E-state index contributed by atoms with van der Waals surface area (Å²) >= 11 is 0. The quantitative estimate of drug-likeness (QED) is 0.347. The summed E-state index contributed by atoms with van der Waals surface area (Å²) in [4.78, 5) is 22.9. The molecule has 0 saturated carbocycles. The van der Waals surface area contributed by atoms with Crippen molar-refractivity contribution in [3.63, 3.8) is 0 Å². The Bertz CT molecular complexity index is 380. The average molecular weight is 305 g/mol. The van der Waals surface area contributed by atoms with Crippen LogP contribution in [0.5, 0.6) is 0 Å². The first-order chi connectivity index (χ1) is 9.46. The number of hydrogen-bond acceptors (Lipinski definition) is 7. The van der Waals surface area contributed by atoms with Crippen molar-refractivity contribution in [2.24, 2.45) is 0 Å². The molecule has 0 heterocycles. The van der Waals surface area contributed by atoms with Crippen molar-refractivity contribution >= 4 is 20.0 Å². The third kappa shape index (κ3) is 7.13. The van der Waals surface area contributed by atoms with Crippen LogP contribution in [0.25, 0.3) is 0 Å². The Labute approximate surface area is 118 Å². The fourth-order valence-electron chi connectivity index (χ4n) is 1.13. The monoisotopic (exact) mass is 305 g/mol. The van der Waals surface area contributed by atoms with E-state index in [9.17, 15) is 14.2 Å². The number of ether oxygens (including phenoxy) is 3. The molecule has 0 aromatic carbocycles. The maximum absolute atomic E-state index is 11.8. The van der Waals surface area contributed by atoms with E-state index in [1.165, 1.54) is 6.92 Å². The minimum Gasteiger partial charge on any atom is -0.435 e. The summed E-state index contributed by atoms with van der Waals surface area (Å²) in [5.74, 6) is -2.38. The van der Waals surface area contributed by atoms with E-state index in [4.69, 9.17) is 9.26 Å². The Balaban J connectivity index is 4.71. The van der Waals surface area contributed by atoms with E-state index in [0.29, 0.717) is 6.61 Å². The van der Waals surface area contributed by atoms with Gasteiger partial charge in [0.05, 0.1) is 18.9 Å². The Hall–Kier alpha value is -1.56. The predicted molar refractivity (Wildman–Crippen MR) is 70.8 cm³/mol.